The van der Waals surface area contributed by atoms with Crippen LogP contribution < -0.4 is 5.73 Å². The van der Waals surface area contributed by atoms with Crippen LogP contribution >= 0.6 is 12.2 Å². The largest absolute Gasteiger partial charge is 0.460 e. The Kier molecular flexibility index (Phi) is 7.07. The molecule has 4 rings (SSSR count). The minimum atomic E-state index is -4.18. The minimum absolute atomic E-state index is 0.192. The number of aromatic nitrogens is 2. The number of sulfonamides is 1. The van der Waals surface area contributed by atoms with Crippen molar-refractivity contribution in [2.75, 3.05) is 13.6 Å². The molecule has 1 saturated carbocycles. The van der Waals surface area contributed by atoms with E-state index in [1.54, 1.807) is 12.4 Å². The zero-order valence-corrected chi connectivity index (χ0v) is 21.1. The van der Waals surface area contributed by atoms with E-state index < -0.39 is 39.0 Å². The van der Waals surface area contributed by atoms with E-state index in [0.717, 1.165) is 34.4 Å². The molecule has 1 aliphatic carbocycles. The molecule has 3 aromatic rings. The number of rotatable bonds is 8. The number of non-ortho nitro benzene ring substituents is 1. The maximum absolute atomic E-state index is 13.0. The Hall–Kier alpha value is -3.42. The van der Waals surface area contributed by atoms with Crippen molar-refractivity contribution in [3.05, 3.63) is 70.7 Å². The van der Waals surface area contributed by atoms with Crippen LogP contribution in [0, 0.1) is 10.1 Å². The van der Waals surface area contributed by atoms with Crippen molar-refractivity contribution in [3.63, 3.8) is 0 Å². The Labute approximate surface area is 213 Å². The third kappa shape index (κ3) is 4.68. The summed E-state index contributed by atoms with van der Waals surface area (Å²) < 4.78 is 34.3. The Bertz CT molecular complexity index is 1440. The molecule has 2 N–H and O–H groups in total. The summed E-state index contributed by atoms with van der Waals surface area (Å²) in [6.07, 6.45) is 7.34. The lowest BCUT2D eigenvalue weighted by Gasteiger charge is -2.43. The molecule has 190 valence electrons. The molecule has 2 aromatic heterocycles. The molecule has 0 amide bonds. The summed E-state index contributed by atoms with van der Waals surface area (Å²) in [6, 6.07) is 8.34. The smallest absolute Gasteiger partial charge is 0.321 e. The fourth-order valence-corrected chi connectivity index (χ4v) is 6.15. The van der Waals surface area contributed by atoms with Crippen LogP contribution in [0.3, 0.4) is 0 Å². The number of nitrogens with zero attached hydrogens (tertiary/aromatic N) is 4. The number of carbonyl (C=O) groups excluding carboxylic acids is 1. The van der Waals surface area contributed by atoms with Crippen LogP contribution in [0.1, 0.15) is 31.2 Å². The topological polar surface area (TPSA) is 150 Å². The molecule has 0 bridgehead atoms. The highest BCUT2D eigenvalue weighted by atomic mass is 32.2. The van der Waals surface area contributed by atoms with E-state index in [0.29, 0.717) is 12.8 Å². The zero-order valence-electron chi connectivity index (χ0n) is 19.4. The first kappa shape index (κ1) is 25.7. The summed E-state index contributed by atoms with van der Waals surface area (Å²) in [5.74, 6) is -0.775. The van der Waals surface area contributed by atoms with Gasteiger partial charge in [-0.2, -0.15) is 4.31 Å². The lowest BCUT2D eigenvalue weighted by atomic mass is 9.67. The van der Waals surface area contributed by atoms with Crippen molar-refractivity contribution >= 4 is 44.5 Å². The van der Waals surface area contributed by atoms with Crippen LogP contribution in [0.25, 0.3) is 5.65 Å². The highest BCUT2D eigenvalue weighted by Gasteiger charge is 2.47. The number of imidazole rings is 1. The van der Waals surface area contributed by atoms with E-state index in [-0.39, 0.29) is 15.6 Å². The van der Waals surface area contributed by atoms with Gasteiger partial charge in [0.15, 0.2) is 0 Å². The SMILES string of the molecule is CN(CC(=O)OC1CCCCC1(C(N)=S)c1ccc2nccn2c1)S(=O)(=O)c1cccc([N+](=O)[O-])c1. The maximum atomic E-state index is 13.0. The predicted octanol–water partition coefficient (Wildman–Crippen LogP) is 2.57. The van der Waals surface area contributed by atoms with Gasteiger partial charge in [-0.25, -0.2) is 13.4 Å². The molecule has 0 radical (unpaired) electrons. The lowest BCUT2D eigenvalue weighted by molar-refractivity contribution is -0.385. The summed E-state index contributed by atoms with van der Waals surface area (Å²) in [6.45, 7) is -0.588. The third-order valence-electron chi connectivity index (χ3n) is 6.54. The molecule has 2 atom stereocenters. The van der Waals surface area contributed by atoms with E-state index in [9.17, 15) is 23.3 Å². The van der Waals surface area contributed by atoms with Crippen LogP contribution in [-0.4, -0.2) is 57.7 Å². The molecule has 0 aliphatic heterocycles. The molecule has 2 unspecified atom stereocenters. The number of nitrogens with two attached hydrogens (primary N) is 1. The number of ether oxygens (including phenoxy) is 1. The van der Waals surface area contributed by atoms with Crippen LogP contribution in [0.15, 0.2) is 59.9 Å². The summed E-state index contributed by atoms with van der Waals surface area (Å²) in [7, 11) is -2.97. The number of hydrogen-bond acceptors (Lipinski definition) is 8. The number of nitro groups is 1. The Morgan fingerprint density at radius 2 is 2.14 bits per heavy atom. The van der Waals surface area contributed by atoms with E-state index in [4.69, 9.17) is 22.7 Å². The number of esters is 1. The standard InChI is InChI=1S/C23H25N5O6S2/c1-26(36(32,33)18-6-4-5-17(13-18)28(30)31)15-21(29)34-19-7-2-3-10-23(19,22(24)35)16-8-9-20-25-11-12-27(20)14-16/h4-6,8-9,11-14,19H,2-3,7,10,15H2,1H3,(H2,24,35). The summed E-state index contributed by atoms with van der Waals surface area (Å²) in [5.41, 5.74) is 6.50. The predicted molar refractivity (Wildman–Crippen MR) is 135 cm³/mol. The van der Waals surface area contributed by atoms with Gasteiger partial charge < -0.3 is 14.9 Å². The maximum Gasteiger partial charge on any atom is 0.321 e. The second-order valence-corrected chi connectivity index (χ2v) is 11.2. The number of carbonyl (C=O) groups is 1. The number of thiocarbonyl (C=S) groups is 1. The molecule has 1 aromatic carbocycles. The highest BCUT2D eigenvalue weighted by molar-refractivity contribution is 7.89. The van der Waals surface area contributed by atoms with Gasteiger partial charge in [0.25, 0.3) is 5.69 Å². The van der Waals surface area contributed by atoms with Gasteiger partial charge in [-0.05, 0) is 37.0 Å². The van der Waals surface area contributed by atoms with E-state index in [1.807, 2.05) is 22.7 Å². The highest BCUT2D eigenvalue weighted by Crippen LogP contribution is 2.42. The first-order valence-electron chi connectivity index (χ1n) is 11.2. The molecule has 1 fully saturated rings. The van der Waals surface area contributed by atoms with Gasteiger partial charge in [-0.3, -0.25) is 14.9 Å². The molecule has 13 heteroatoms. The van der Waals surface area contributed by atoms with Crippen molar-refractivity contribution in [2.24, 2.45) is 5.73 Å². The molecule has 2 heterocycles. The zero-order chi connectivity index (χ0) is 26.1. The molecule has 11 nitrogen and oxygen atoms in total. The molecule has 1 aliphatic rings. The monoisotopic (exact) mass is 531 g/mol. The van der Waals surface area contributed by atoms with Gasteiger partial charge in [-0.1, -0.05) is 30.8 Å². The van der Waals surface area contributed by atoms with E-state index in [2.05, 4.69) is 4.98 Å². The minimum Gasteiger partial charge on any atom is -0.460 e. The normalized spacial score (nSPS) is 20.3. The first-order valence-corrected chi connectivity index (χ1v) is 13.0. The third-order valence-corrected chi connectivity index (χ3v) is 8.71. The second-order valence-electron chi connectivity index (χ2n) is 8.69. The van der Waals surface area contributed by atoms with Gasteiger partial charge in [0.05, 0.1) is 20.2 Å². The Morgan fingerprint density at radius 1 is 1.36 bits per heavy atom. The van der Waals surface area contributed by atoms with E-state index >= 15 is 0 Å². The van der Waals surface area contributed by atoms with Crippen LogP contribution in [0.2, 0.25) is 0 Å². The van der Waals surface area contributed by atoms with Gasteiger partial charge in [0.2, 0.25) is 10.0 Å². The molecule has 36 heavy (non-hydrogen) atoms. The van der Waals surface area contributed by atoms with Crippen molar-refractivity contribution in [1.82, 2.24) is 13.7 Å². The molecule has 0 spiro atoms. The number of hydrogen-bond donors (Lipinski definition) is 1. The average Bonchev–Trinajstić information content (AvgIpc) is 3.32. The van der Waals surface area contributed by atoms with Gasteiger partial charge in [-0.15, -0.1) is 0 Å². The quantitative estimate of drug-likeness (QED) is 0.200. The van der Waals surface area contributed by atoms with Crippen molar-refractivity contribution in [2.45, 2.75) is 42.1 Å². The summed E-state index contributed by atoms with van der Waals surface area (Å²) in [4.78, 5) is 27.4. The van der Waals surface area contributed by atoms with Crippen LogP contribution in [-0.2, 0) is 25.0 Å². The molecular formula is C23H25N5O6S2. The van der Waals surface area contributed by atoms with Gasteiger partial charge in [0, 0.05) is 37.8 Å². The van der Waals surface area contributed by atoms with Crippen LogP contribution in [0.5, 0.6) is 0 Å². The van der Waals surface area contributed by atoms with Crippen molar-refractivity contribution in [3.8, 4) is 0 Å². The summed E-state index contributed by atoms with van der Waals surface area (Å²) >= 11 is 5.49. The lowest BCUT2D eigenvalue weighted by Crippen LogP contribution is -2.53. The summed E-state index contributed by atoms with van der Waals surface area (Å²) in [5, 5.41) is 11.0. The first-order chi connectivity index (χ1) is 17.1. The van der Waals surface area contributed by atoms with E-state index in [1.165, 1.54) is 25.2 Å². The van der Waals surface area contributed by atoms with Gasteiger partial charge in [0.1, 0.15) is 18.3 Å². The Morgan fingerprint density at radius 3 is 2.86 bits per heavy atom. The second kappa shape index (κ2) is 9.91. The van der Waals surface area contributed by atoms with Crippen molar-refractivity contribution in [1.29, 1.82) is 0 Å². The fourth-order valence-electron chi connectivity index (χ4n) is 4.64. The van der Waals surface area contributed by atoms with Crippen molar-refractivity contribution < 1.29 is 22.9 Å². The number of nitro benzene ring substituents is 1. The number of benzene rings is 1. The molecular weight excluding hydrogens is 506 g/mol. The van der Waals surface area contributed by atoms with Gasteiger partial charge >= 0.3 is 5.97 Å². The average molecular weight is 532 g/mol. The fraction of sp³-hybridized carbons (Fsp3) is 0.348. The van der Waals surface area contributed by atoms with Crippen LogP contribution in [0.4, 0.5) is 5.69 Å². The number of fused-ring (bicyclic) bond motifs is 1. The number of likely N-dealkylation sites (N-methyl/N-ethyl adjacent to an activating group) is 1. The Balaban J connectivity index is 1.57. The molecule has 0 saturated heterocycles. The number of pyridine rings is 1.